The fourth-order valence-corrected chi connectivity index (χ4v) is 3.15. The summed E-state index contributed by atoms with van der Waals surface area (Å²) in [6, 6.07) is 4.39. The third-order valence-electron chi connectivity index (χ3n) is 4.17. The third kappa shape index (κ3) is 3.46. The summed E-state index contributed by atoms with van der Waals surface area (Å²) in [5.41, 5.74) is 1.42. The van der Waals surface area contributed by atoms with Crippen molar-refractivity contribution < 1.29 is 8.78 Å². The first kappa shape index (κ1) is 15.0. The standard InChI is InChI=1S/C17H21F2N3/c18-15-12-14-6-4-9-21(17(14)16(19)13-15)8-2-1-3-10-22-11-5-7-20-22/h5,7,11-13H,1-4,6,8-10H2. The average molecular weight is 305 g/mol. The Hall–Kier alpha value is -1.91. The van der Waals surface area contributed by atoms with Crippen molar-refractivity contribution in [3.63, 3.8) is 0 Å². The number of aryl methyl sites for hydroxylation is 2. The van der Waals surface area contributed by atoms with Gasteiger partial charge in [-0.05, 0) is 49.8 Å². The second-order valence-electron chi connectivity index (χ2n) is 5.82. The summed E-state index contributed by atoms with van der Waals surface area (Å²) < 4.78 is 29.3. The molecule has 0 radical (unpaired) electrons. The van der Waals surface area contributed by atoms with Gasteiger partial charge in [-0.1, -0.05) is 0 Å². The molecule has 0 N–H and O–H groups in total. The molecule has 1 aromatic carbocycles. The molecule has 0 saturated carbocycles. The SMILES string of the molecule is Fc1cc(F)c2c(c1)CCCN2CCCCCn1cccn1. The van der Waals surface area contributed by atoms with Gasteiger partial charge in [0.1, 0.15) is 11.6 Å². The van der Waals surface area contributed by atoms with Crippen LogP contribution in [0.2, 0.25) is 0 Å². The van der Waals surface area contributed by atoms with E-state index in [1.54, 1.807) is 6.20 Å². The largest absolute Gasteiger partial charge is 0.369 e. The minimum absolute atomic E-state index is 0.425. The number of nitrogens with zero attached hydrogens (tertiary/aromatic N) is 3. The second kappa shape index (κ2) is 6.90. The first-order chi connectivity index (χ1) is 10.7. The van der Waals surface area contributed by atoms with Crippen LogP contribution in [0.4, 0.5) is 14.5 Å². The Balaban J connectivity index is 1.52. The number of hydrogen-bond donors (Lipinski definition) is 0. The summed E-state index contributed by atoms with van der Waals surface area (Å²) in [5.74, 6) is -0.899. The van der Waals surface area contributed by atoms with Crippen LogP contribution in [0.15, 0.2) is 30.6 Å². The van der Waals surface area contributed by atoms with E-state index in [4.69, 9.17) is 0 Å². The molecule has 118 valence electrons. The van der Waals surface area contributed by atoms with Gasteiger partial charge < -0.3 is 4.90 Å². The first-order valence-electron chi connectivity index (χ1n) is 7.94. The van der Waals surface area contributed by atoms with E-state index >= 15 is 0 Å². The smallest absolute Gasteiger partial charge is 0.149 e. The van der Waals surface area contributed by atoms with Crippen molar-refractivity contribution >= 4 is 5.69 Å². The van der Waals surface area contributed by atoms with Gasteiger partial charge in [0, 0.05) is 38.1 Å². The molecular formula is C17H21F2N3. The lowest BCUT2D eigenvalue weighted by atomic mass is 10.0. The van der Waals surface area contributed by atoms with E-state index in [1.807, 2.05) is 16.9 Å². The van der Waals surface area contributed by atoms with E-state index in [0.29, 0.717) is 5.69 Å². The Morgan fingerprint density at radius 1 is 1.09 bits per heavy atom. The lowest BCUT2D eigenvalue weighted by Gasteiger charge is -2.31. The zero-order valence-electron chi connectivity index (χ0n) is 12.6. The van der Waals surface area contributed by atoms with E-state index < -0.39 is 11.6 Å². The second-order valence-corrected chi connectivity index (χ2v) is 5.82. The van der Waals surface area contributed by atoms with Crippen molar-refractivity contribution in [2.75, 3.05) is 18.0 Å². The van der Waals surface area contributed by atoms with Gasteiger partial charge in [0.05, 0.1) is 5.69 Å². The molecular weight excluding hydrogens is 284 g/mol. The van der Waals surface area contributed by atoms with Crippen molar-refractivity contribution in [1.29, 1.82) is 0 Å². The molecule has 22 heavy (non-hydrogen) atoms. The highest BCUT2D eigenvalue weighted by Gasteiger charge is 2.21. The Kier molecular flexibility index (Phi) is 4.71. The number of benzene rings is 1. The molecule has 3 rings (SSSR count). The van der Waals surface area contributed by atoms with Gasteiger partial charge in [0.15, 0.2) is 0 Å². The molecule has 0 unspecified atom stereocenters. The van der Waals surface area contributed by atoms with E-state index in [0.717, 1.165) is 63.4 Å². The number of halogens is 2. The minimum Gasteiger partial charge on any atom is -0.369 e. The van der Waals surface area contributed by atoms with Crippen LogP contribution >= 0.6 is 0 Å². The molecule has 0 amide bonds. The van der Waals surface area contributed by atoms with Crippen LogP contribution < -0.4 is 4.90 Å². The maximum atomic E-state index is 14.1. The third-order valence-corrected chi connectivity index (χ3v) is 4.17. The van der Waals surface area contributed by atoms with Crippen LogP contribution in [-0.2, 0) is 13.0 Å². The molecule has 1 aliphatic rings. The number of hydrogen-bond acceptors (Lipinski definition) is 2. The van der Waals surface area contributed by atoms with E-state index in [2.05, 4.69) is 10.00 Å². The fourth-order valence-electron chi connectivity index (χ4n) is 3.15. The number of fused-ring (bicyclic) bond motifs is 1. The van der Waals surface area contributed by atoms with Gasteiger partial charge in [0.2, 0.25) is 0 Å². The molecule has 2 aromatic rings. The number of rotatable bonds is 6. The van der Waals surface area contributed by atoms with Gasteiger partial charge in [-0.25, -0.2) is 8.78 Å². The summed E-state index contributed by atoms with van der Waals surface area (Å²) in [6.07, 6.45) is 8.63. The van der Waals surface area contributed by atoms with Crippen LogP contribution in [0.1, 0.15) is 31.2 Å². The summed E-state index contributed by atoms with van der Waals surface area (Å²) >= 11 is 0. The number of anilines is 1. The highest BCUT2D eigenvalue weighted by molar-refractivity contribution is 5.56. The van der Waals surface area contributed by atoms with Crippen LogP contribution in [0, 0.1) is 11.6 Å². The first-order valence-corrected chi connectivity index (χ1v) is 7.94. The quantitative estimate of drug-likeness (QED) is 0.757. The van der Waals surface area contributed by atoms with Crippen molar-refractivity contribution in [2.45, 2.75) is 38.6 Å². The lowest BCUT2D eigenvalue weighted by Crippen LogP contribution is -2.31. The molecule has 0 atom stereocenters. The van der Waals surface area contributed by atoms with E-state index in [-0.39, 0.29) is 0 Å². The monoisotopic (exact) mass is 305 g/mol. The van der Waals surface area contributed by atoms with Crippen molar-refractivity contribution in [3.8, 4) is 0 Å². The van der Waals surface area contributed by atoms with Crippen molar-refractivity contribution in [1.82, 2.24) is 9.78 Å². The molecule has 0 bridgehead atoms. The van der Waals surface area contributed by atoms with Gasteiger partial charge >= 0.3 is 0 Å². The summed E-state index contributed by atoms with van der Waals surface area (Å²) in [5, 5.41) is 4.17. The summed E-state index contributed by atoms with van der Waals surface area (Å²) in [4.78, 5) is 2.07. The van der Waals surface area contributed by atoms with Gasteiger partial charge in [-0.15, -0.1) is 0 Å². The van der Waals surface area contributed by atoms with Gasteiger partial charge in [0.25, 0.3) is 0 Å². The number of unbranched alkanes of at least 4 members (excludes halogenated alkanes) is 2. The lowest BCUT2D eigenvalue weighted by molar-refractivity contribution is 0.529. The Morgan fingerprint density at radius 3 is 2.77 bits per heavy atom. The molecule has 2 heterocycles. The molecule has 3 nitrogen and oxygen atoms in total. The molecule has 0 saturated heterocycles. The number of aromatic nitrogens is 2. The molecule has 0 aliphatic carbocycles. The van der Waals surface area contributed by atoms with Crippen molar-refractivity contribution in [2.24, 2.45) is 0 Å². The van der Waals surface area contributed by atoms with Crippen LogP contribution in [0.25, 0.3) is 0 Å². The van der Waals surface area contributed by atoms with Crippen LogP contribution in [0.5, 0.6) is 0 Å². The van der Waals surface area contributed by atoms with Gasteiger partial charge in [-0.3, -0.25) is 4.68 Å². The summed E-state index contributed by atoms with van der Waals surface area (Å²) in [6.45, 7) is 2.60. The zero-order valence-corrected chi connectivity index (χ0v) is 12.6. The van der Waals surface area contributed by atoms with Gasteiger partial charge in [-0.2, -0.15) is 5.10 Å². The summed E-state index contributed by atoms with van der Waals surface area (Å²) in [7, 11) is 0. The molecule has 0 spiro atoms. The Morgan fingerprint density at radius 2 is 1.95 bits per heavy atom. The predicted molar refractivity (Wildman–Crippen MR) is 83.0 cm³/mol. The molecule has 0 fully saturated rings. The van der Waals surface area contributed by atoms with Crippen LogP contribution in [0.3, 0.4) is 0 Å². The zero-order chi connectivity index (χ0) is 15.4. The van der Waals surface area contributed by atoms with Crippen molar-refractivity contribution in [3.05, 3.63) is 47.8 Å². The Labute approximate surface area is 129 Å². The maximum absolute atomic E-state index is 14.1. The van der Waals surface area contributed by atoms with Crippen LogP contribution in [-0.4, -0.2) is 22.9 Å². The fraction of sp³-hybridized carbons (Fsp3) is 0.471. The molecule has 5 heteroatoms. The Bertz CT molecular complexity index is 611. The maximum Gasteiger partial charge on any atom is 0.149 e. The molecule has 1 aromatic heterocycles. The van der Waals surface area contributed by atoms with E-state index in [1.165, 1.54) is 6.07 Å². The normalized spacial score (nSPS) is 14.2. The predicted octanol–water partition coefficient (Wildman–Crippen LogP) is 3.78. The topological polar surface area (TPSA) is 21.1 Å². The average Bonchev–Trinajstić information content (AvgIpc) is 2.99. The minimum atomic E-state index is -0.475. The van der Waals surface area contributed by atoms with E-state index in [9.17, 15) is 8.78 Å². The highest BCUT2D eigenvalue weighted by Crippen LogP contribution is 2.31. The molecule has 1 aliphatic heterocycles. The highest BCUT2D eigenvalue weighted by atomic mass is 19.1.